The predicted molar refractivity (Wildman–Crippen MR) is 137 cm³/mol. The molecule has 1 saturated carbocycles. The van der Waals surface area contributed by atoms with E-state index in [1.54, 1.807) is 5.56 Å². The summed E-state index contributed by atoms with van der Waals surface area (Å²) in [5.74, 6) is 0. The van der Waals surface area contributed by atoms with Crippen molar-refractivity contribution in [3.05, 3.63) is 113 Å². The maximum absolute atomic E-state index is 2.53. The molecule has 0 heterocycles. The van der Waals surface area contributed by atoms with Gasteiger partial charge in [-0.1, -0.05) is 79.7 Å². The number of allylic oxidation sites excluding steroid dienone is 1. The van der Waals surface area contributed by atoms with Crippen molar-refractivity contribution < 1.29 is 0 Å². The van der Waals surface area contributed by atoms with Crippen molar-refractivity contribution >= 4 is 38.4 Å². The SMILES string of the molecule is CCC12C=Cc3cc4ccccc4cc3C1(c1c(C)ccc3cc4ccccc4cc13)C2. The Morgan fingerprint density at radius 1 is 0.719 bits per heavy atom. The molecule has 7 rings (SSSR count). The van der Waals surface area contributed by atoms with Crippen molar-refractivity contribution in [3.63, 3.8) is 0 Å². The third kappa shape index (κ3) is 2.18. The van der Waals surface area contributed by atoms with Crippen LogP contribution in [0.25, 0.3) is 38.4 Å². The first-order valence-corrected chi connectivity index (χ1v) is 11.8. The molecular formula is C32H26. The largest absolute Gasteiger partial charge is 0.0764 e. The van der Waals surface area contributed by atoms with E-state index in [1.165, 1.54) is 61.8 Å². The molecule has 0 bridgehead atoms. The summed E-state index contributed by atoms with van der Waals surface area (Å²) < 4.78 is 0. The van der Waals surface area contributed by atoms with E-state index >= 15 is 0 Å². The Morgan fingerprint density at radius 3 is 2.09 bits per heavy atom. The summed E-state index contributed by atoms with van der Waals surface area (Å²) in [4.78, 5) is 0. The molecule has 0 amide bonds. The number of hydrogen-bond acceptors (Lipinski definition) is 0. The molecule has 0 N–H and O–H groups in total. The Morgan fingerprint density at radius 2 is 1.38 bits per heavy atom. The Balaban J connectivity index is 1.60. The van der Waals surface area contributed by atoms with E-state index in [0.717, 1.165) is 0 Å². The lowest BCUT2D eigenvalue weighted by atomic mass is 9.71. The topological polar surface area (TPSA) is 0 Å². The van der Waals surface area contributed by atoms with E-state index in [1.807, 2.05) is 0 Å². The normalized spacial score (nSPS) is 23.4. The fourth-order valence-electron chi connectivity index (χ4n) is 6.71. The summed E-state index contributed by atoms with van der Waals surface area (Å²) >= 11 is 0. The molecule has 0 radical (unpaired) electrons. The van der Waals surface area contributed by atoms with E-state index in [9.17, 15) is 0 Å². The summed E-state index contributed by atoms with van der Waals surface area (Å²) in [5.41, 5.74) is 6.14. The lowest BCUT2D eigenvalue weighted by Gasteiger charge is -2.32. The number of fused-ring (bicyclic) bond motifs is 6. The number of aryl methyl sites for hydroxylation is 1. The molecule has 0 nitrogen and oxygen atoms in total. The highest BCUT2D eigenvalue weighted by Crippen LogP contribution is 2.74. The highest BCUT2D eigenvalue weighted by atomic mass is 14.7. The lowest BCUT2D eigenvalue weighted by Crippen LogP contribution is -2.23. The van der Waals surface area contributed by atoms with Crippen LogP contribution in [0.2, 0.25) is 0 Å². The van der Waals surface area contributed by atoms with Gasteiger partial charge in [-0.15, -0.1) is 0 Å². The molecule has 0 aliphatic heterocycles. The minimum atomic E-state index is 0.0575. The first-order chi connectivity index (χ1) is 15.6. The fourth-order valence-corrected chi connectivity index (χ4v) is 6.71. The zero-order valence-corrected chi connectivity index (χ0v) is 18.7. The van der Waals surface area contributed by atoms with Gasteiger partial charge in [-0.2, -0.15) is 0 Å². The molecule has 5 aromatic carbocycles. The Bertz CT molecular complexity index is 1600. The zero-order valence-electron chi connectivity index (χ0n) is 18.7. The molecule has 0 saturated heterocycles. The van der Waals surface area contributed by atoms with Gasteiger partial charge in [0.2, 0.25) is 0 Å². The van der Waals surface area contributed by atoms with Crippen LogP contribution >= 0.6 is 0 Å². The minimum absolute atomic E-state index is 0.0575. The summed E-state index contributed by atoms with van der Waals surface area (Å²) in [6.45, 7) is 4.69. The third-order valence-corrected chi connectivity index (χ3v) is 8.42. The molecular weight excluding hydrogens is 384 g/mol. The minimum Gasteiger partial charge on any atom is -0.0764 e. The highest BCUT2D eigenvalue weighted by Gasteiger charge is 2.68. The van der Waals surface area contributed by atoms with Gasteiger partial charge in [0.1, 0.15) is 0 Å². The molecule has 154 valence electrons. The van der Waals surface area contributed by atoms with Crippen LogP contribution in [0.4, 0.5) is 0 Å². The molecule has 1 fully saturated rings. The van der Waals surface area contributed by atoms with Gasteiger partial charge in [-0.3, -0.25) is 0 Å². The summed E-state index contributed by atoms with van der Waals surface area (Å²) in [6, 6.07) is 31.9. The van der Waals surface area contributed by atoms with Gasteiger partial charge in [-0.05, 0) is 98.6 Å². The molecule has 0 heteroatoms. The van der Waals surface area contributed by atoms with Crippen LogP contribution in [0, 0.1) is 12.3 Å². The van der Waals surface area contributed by atoms with Crippen LogP contribution in [-0.4, -0.2) is 0 Å². The van der Waals surface area contributed by atoms with Crippen molar-refractivity contribution in [3.8, 4) is 0 Å². The average Bonchev–Trinajstić information content (AvgIpc) is 3.52. The van der Waals surface area contributed by atoms with Crippen molar-refractivity contribution in [2.24, 2.45) is 5.41 Å². The van der Waals surface area contributed by atoms with Gasteiger partial charge in [0.05, 0.1) is 0 Å². The van der Waals surface area contributed by atoms with Crippen molar-refractivity contribution in [2.75, 3.05) is 0 Å². The monoisotopic (exact) mass is 410 g/mol. The Hall–Kier alpha value is -3.38. The van der Waals surface area contributed by atoms with Crippen LogP contribution in [-0.2, 0) is 5.41 Å². The smallest absolute Gasteiger partial charge is 0.0317 e. The van der Waals surface area contributed by atoms with Gasteiger partial charge in [0.25, 0.3) is 0 Å². The van der Waals surface area contributed by atoms with Crippen molar-refractivity contribution in [1.29, 1.82) is 0 Å². The second-order valence-electron chi connectivity index (χ2n) is 9.89. The van der Waals surface area contributed by atoms with Gasteiger partial charge in [-0.25, -0.2) is 0 Å². The van der Waals surface area contributed by atoms with E-state index in [0.29, 0.717) is 0 Å². The van der Waals surface area contributed by atoms with Crippen LogP contribution in [0.15, 0.2) is 91.0 Å². The van der Waals surface area contributed by atoms with Gasteiger partial charge >= 0.3 is 0 Å². The first kappa shape index (κ1) is 18.2. The van der Waals surface area contributed by atoms with Gasteiger partial charge in [0.15, 0.2) is 0 Å². The fraction of sp³-hybridized carbons (Fsp3) is 0.188. The molecule has 0 aromatic heterocycles. The second-order valence-corrected chi connectivity index (χ2v) is 9.89. The average molecular weight is 411 g/mol. The molecule has 2 unspecified atom stereocenters. The van der Waals surface area contributed by atoms with Crippen LogP contribution in [0.5, 0.6) is 0 Å². The molecule has 5 aromatic rings. The standard InChI is InChI=1S/C32H26/c1-3-31-15-14-27-17-23-9-5-7-11-25(23)19-29(27)32(31,20-31)30-21(2)12-13-26-16-22-8-4-6-10-24(22)18-28(26)30/h4-19H,3,20H2,1-2H3. The van der Waals surface area contributed by atoms with Crippen molar-refractivity contribution in [1.82, 2.24) is 0 Å². The molecule has 0 spiro atoms. The summed E-state index contributed by atoms with van der Waals surface area (Å²) in [5, 5.41) is 8.11. The maximum atomic E-state index is 2.53. The van der Waals surface area contributed by atoms with Crippen LogP contribution < -0.4 is 0 Å². The maximum Gasteiger partial charge on any atom is 0.0317 e. The predicted octanol–water partition coefficient (Wildman–Crippen LogP) is 8.57. The Kier molecular flexibility index (Phi) is 3.48. The van der Waals surface area contributed by atoms with E-state index < -0.39 is 0 Å². The van der Waals surface area contributed by atoms with Crippen LogP contribution in [0.3, 0.4) is 0 Å². The number of benzene rings is 5. The molecule has 2 aliphatic carbocycles. The first-order valence-electron chi connectivity index (χ1n) is 11.8. The second kappa shape index (κ2) is 6.11. The summed E-state index contributed by atoms with van der Waals surface area (Å²) in [7, 11) is 0. The molecule has 2 atom stereocenters. The Labute approximate surface area is 189 Å². The van der Waals surface area contributed by atoms with E-state index in [4.69, 9.17) is 0 Å². The third-order valence-electron chi connectivity index (χ3n) is 8.42. The quantitative estimate of drug-likeness (QED) is 0.256. The van der Waals surface area contributed by atoms with E-state index in [-0.39, 0.29) is 10.8 Å². The van der Waals surface area contributed by atoms with E-state index in [2.05, 4.69) is 111 Å². The van der Waals surface area contributed by atoms with Crippen LogP contribution in [0.1, 0.15) is 42.0 Å². The molecule has 2 aliphatic rings. The van der Waals surface area contributed by atoms with Gasteiger partial charge < -0.3 is 0 Å². The highest BCUT2D eigenvalue weighted by molar-refractivity contribution is 6.02. The zero-order chi connectivity index (χ0) is 21.5. The van der Waals surface area contributed by atoms with Gasteiger partial charge in [0, 0.05) is 10.8 Å². The number of rotatable bonds is 2. The lowest BCUT2D eigenvalue weighted by molar-refractivity contribution is 0.537. The number of hydrogen-bond donors (Lipinski definition) is 0. The van der Waals surface area contributed by atoms with Crippen molar-refractivity contribution in [2.45, 2.75) is 32.1 Å². The molecule has 32 heavy (non-hydrogen) atoms. The summed E-state index contributed by atoms with van der Waals surface area (Å²) in [6.07, 6.45) is 7.29.